The fourth-order valence-corrected chi connectivity index (χ4v) is 2.95. The molecule has 1 fully saturated rings. The van der Waals surface area contributed by atoms with Gasteiger partial charge in [-0.2, -0.15) is 0 Å². The molecule has 1 heterocycles. The number of amides is 1. The van der Waals surface area contributed by atoms with Crippen LogP contribution in [-0.4, -0.2) is 19.0 Å². The van der Waals surface area contributed by atoms with Crippen LogP contribution < -0.4 is 10.2 Å². The Kier molecular flexibility index (Phi) is 4.91. The minimum Gasteiger partial charge on any atom is -0.372 e. The summed E-state index contributed by atoms with van der Waals surface area (Å²) in [6.45, 7) is 2.20. The normalized spacial score (nSPS) is 14.6. The van der Waals surface area contributed by atoms with Gasteiger partial charge in [-0.1, -0.05) is 12.1 Å². The molecule has 1 N–H and O–H groups in total. The van der Waals surface area contributed by atoms with Gasteiger partial charge in [-0.15, -0.1) is 0 Å². The molecule has 0 bridgehead atoms. The number of carbonyl (C=O) groups is 1. The maximum atomic E-state index is 13.1. The number of rotatable bonds is 4. The van der Waals surface area contributed by atoms with Crippen LogP contribution in [0.5, 0.6) is 0 Å². The van der Waals surface area contributed by atoms with Crippen LogP contribution in [0.3, 0.4) is 0 Å². The fraction of sp³-hybridized carbons (Fsp3) is 0.316. The number of carbonyl (C=O) groups excluding carboxylic acids is 1. The molecule has 0 spiro atoms. The number of nitrogens with one attached hydrogen (secondary N) is 1. The predicted molar refractivity (Wildman–Crippen MR) is 91.2 cm³/mol. The maximum absolute atomic E-state index is 13.1. The number of hydrogen-bond acceptors (Lipinski definition) is 2. The Hall–Kier alpha value is -2.36. The van der Waals surface area contributed by atoms with Crippen LogP contribution in [0, 0.1) is 5.82 Å². The van der Waals surface area contributed by atoms with Crippen molar-refractivity contribution in [1.29, 1.82) is 0 Å². The molecule has 120 valence electrons. The molecular formula is C19H21FN2O. The first kappa shape index (κ1) is 15.5. The van der Waals surface area contributed by atoms with E-state index in [-0.39, 0.29) is 18.1 Å². The van der Waals surface area contributed by atoms with E-state index in [4.69, 9.17) is 0 Å². The highest BCUT2D eigenvalue weighted by atomic mass is 19.1. The van der Waals surface area contributed by atoms with Gasteiger partial charge in [0.1, 0.15) is 5.82 Å². The second-order valence-electron chi connectivity index (χ2n) is 5.95. The number of piperidine rings is 1. The second kappa shape index (κ2) is 7.27. The average Bonchev–Trinajstić information content (AvgIpc) is 2.56. The molecule has 0 aliphatic carbocycles. The van der Waals surface area contributed by atoms with Crippen LogP contribution in [0.2, 0.25) is 0 Å². The molecule has 0 aromatic heterocycles. The van der Waals surface area contributed by atoms with Crippen molar-refractivity contribution in [3.63, 3.8) is 0 Å². The van der Waals surface area contributed by atoms with Crippen molar-refractivity contribution in [2.75, 3.05) is 23.3 Å². The van der Waals surface area contributed by atoms with Gasteiger partial charge in [0.25, 0.3) is 0 Å². The van der Waals surface area contributed by atoms with E-state index in [0.29, 0.717) is 5.56 Å². The molecule has 1 amide bonds. The summed E-state index contributed by atoms with van der Waals surface area (Å²) in [4.78, 5) is 14.4. The van der Waals surface area contributed by atoms with Gasteiger partial charge in [-0.05, 0) is 61.2 Å². The zero-order valence-corrected chi connectivity index (χ0v) is 13.1. The zero-order valence-electron chi connectivity index (χ0n) is 13.1. The largest absolute Gasteiger partial charge is 0.372 e. The minimum atomic E-state index is -0.318. The van der Waals surface area contributed by atoms with Crippen LogP contribution in [0.4, 0.5) is 15.8 Å². The van der Waals surface area contributed by atoms with Gasteiger partial charge in [-0.3, -0.25) is 4.79 Å². The molecule has 3 rings (SSSR count). The van der Waals surface area contributed by atoms with Gasteiger partial charge in [-0.25, -0.2) is 4.39 Å². The van der Waals surface area contributed by atoms with Gasteiger partial charge >= 0.3 is 0 Å². The Morgan fingerprint density at radius 2 is 1.78 bits per heavy atom. The van der Waals surface area contributed by atoms with Crippen molar-refractivity contribution in [1.82, 2.24) is 0 Å². The lowest BCUT2D eigenvalue weighted by molar-refractivity contribution is -0.115. The molecule has 23 heavy (non-hydrogen) atoms. The molecule has 2 aromatic carbocycles. The number of halogens is 1. The van der Waals surface area contributed by atoms with E-state index < -0.39 is 0 Å². The van der Waals surface area contributed by atoms with E-state index in [2.05, 4.69) is 10.2 Å². The maximum Gasteiger partial charge on any atom is 0.228 e. The van der Waals surface area contributed by atoms with E-state index in [1.54, 1.807) is 12.1 Å². The number of benzene rings is 2. The van der Waals surface area contributed by atoms with Crippen LogP contribution in [0.15, 0.2) is 48.5 Å². The molecule has 1 saturated heterocycles. The third kappa shape index (κ3) is 4.31. The highest BCUT2D eigenvalue weighted by molar-refractivity contribution is 5.92. The van der Waals surface area contributed by atoms with Crippen LogP contribution in [0.25, 0.3) is 0 Å². The summed E-state index contributed by atoms with van der Waals surface area (Å²) in [6, 6.07) is 14.1. The molecule has 0 atom stereocenters. The van der Waals surface area contributed by atoms with Crippen molar-refractivity contribution in [2.24, 2.45) is 0 Å². The SMILES string of the molecule is O=C(Cc1cccc(F)c1)Nc1ccc(N2CCCCC2)cc1. The Balaban J connectivity index is 1.58. The van der Waals surface area contributed by atoms with Crippen molar-refractivity contribution >= 4 is 17.3 Å². The fourth-order valence-electron chi connectivity index (χ4n) is 2.95. The summed E-state index contributed by atoms with van der Waals surface area (Å²) in [6.07, 6.45) is 3.97. The summed E-state index contributed by atoms with van der Waals surface area (Å²) in [5, 5.41) is 2.86. The van der Waals surface area contributed by atoms with Crippen molar-refractivity contribution in [2.45, 2.75) is 25.7 Å². The van der Waals surface area contributed by atoms with Crippen molar-refractivity contribution in [3.05, 3.63) is 59.9 Å². The van der Waals surface area contributed by atoms with Crippen LogP contribution in [-0.2, 0) is 11.2 Å². The van der Waals surface area contributed by atoms with Crippen molar-refractivity contribution < 1.29 is 9.18 Å². The van der Waals surface area contributed by atoms with E-state index >= 15 is 0 Å². The topological polar surface area (TPSA) is 32.3 Å². The van der Waals surface area contributed by atoms with E-state index in [0.717, 1.165) is 18.8 Å². The molecule has 1 aliphatic rings. The van der Waals surface area contributed by atoms with Gasteiger partial charge in [0.15, 0.2) is 0 Å². The first-order valence-electron chi connectivity index (χ1n) is 8.10. The van der Waals surface area contributed by atoms with Crippen LogP contribution >= 0.6 is 0 Å². The minimum absolute atomic E-state index is 0.138. The Morgan fingerprint density at radius 1 is 1.04 bits per heavy atom. The summed E-state index contributed by atoms with van der Waals surface area (Å²) < 4.78 is 13.1. The summed E-state index contributed by atoms with van der Waals surface area (Å²) in [5.74, 6) is -0.456. The smallest absolute Gasteiger partial charge is 0.228 e. The second-order valence-corrected chi connectivity index (χ2v) is 5.95. The third-order valence-electron chi connectivity index (χ3n) is 4.13. The first-order valence-corrected chi connectivity index (χ1v) is 8.10. The first-order chi connectivity index (χ1) is 11.2. The molecule has 4 heteroatoms. The van der Waals surface area contributed by atoms with Gasteiger partial charge < -0.3 is 10.2 Å². The Labute approximate surface area is 136 Å². The van der Waals surface area contributed by atoms with Gasteiger partial charge in [0.2, 0.25) is 5.91 Å². The number of anilines is 2. The lowest BCUT2D eigenvalue weighted by Crippen LogP contribution is -2.29. The van der Waals surface area contributed by atoms with E-state index in [1.165, 1.54) is 37.1 Å². The summed E-state index contributed by atoms with van der Waals surface area (Å²) in [7, 11) is 0. The predicted octanol–water partition coefficient (Wildman–Crippen LogP) is 4.00. The molecule has 2 aromatic rings. The zero-order chi connectivity index (χ0) is 16.1. The highest BCUT2D eigenvalue weighted by Gasteiger charge is 2.11. The van der Waals surface area contributed by atoms with Gasteiger partial charge in [0.05, 0.1) is 6.42 Å². The average molecular weight is 312 g/mol. The van der Waals surface area contributed by atoms with Gasteiger partial charge in [0, 0.05) is 24.5 Å². The molecule has 1 aliphatic heterocycles. The number of hydrogen-bond donors (Lipinski definition) is 1. The summed E-state index contributed by atoms with van der Waals surface area (Å²) >= 11 is 0. The molecule has 0 unspecified atom stereocenters. The van der Waals surface area contributed by atoms with Crippen molar-refractivity contribution in [3.8, 4) is 0 Å². The van der Waals surface area contributed by atoms with E-state index in [9.17, 15) is 9.18 Å². The monoisotopic (exact) mass is 312 g/mol. The lowest BCUT2D eigenvalue weighted by atomic mass is 10.1. The number of nitrogens with zero attached hydrogens (tertiary/aromatic N) is 1. The Bertz CT molecular complexity index is 663. The molecular weight excluding hydrogens is 291 g/mol. The summed E-state index contributed by atoms with van der Waals surface area (Å²) in [5.41, 5.74) is 2.65. The molecule has 0 radical (unpaired) electrons. The Morgan fingerprint density at radius 3 is 2.48 bits per heavy atom. The lowest BCUT2D eigenvalue weighted by Gasteiger charge is -2.28. The van der Waals surface area contributed by atoms with Crippen LogP contribution in [0.1, 0.15) is 24.8 Å². The standard InChI is InChI=1S/C19H21FN2O/c20-16-6-4-5-15(13-16)14-19(23)21-17-7-9-18(10-8-17)22-11-2-1-3-12-22/h4-10,13H,1-3,11-12,14H2,(H,21,23). The molecule has 0 saturated carbocycles. The quantitative estimate of drug-likeness (QED) is 0.925. The highest BCUT2D eigenvalue weighted by Crippen LogP contribution is 2.21. The van der Waals surface area contributed by atoms with E-state index in [1.807, 2.05) is 24.3 Å². The third-order valence-corrected chi connectivity index (χ3v) is 4.13. The molecule has 3 nitrogen and oxygen atoms in total.